The minimum Gasteiger partial charge on any atom is -0.456 e. The van der Waals surface area contributed by atoms with Gasteiger partial charge in [-0.3, -0.25) is 0 Å². The molecule has 12 aromatic rings. The van der Waals surface area contributed by atoms with Crippen LogP contribution in [0.3, 0.4) is 0 Å². The molecule has 4 heterocycles. The van der Waals surface area contributed by atoms with Gasteiger partial charge in [-0.15, -0.1) is 33.2 Å². The Morgan fingerprint density at radius 1 is 0.358 bits per heavy atom. The van der Waals surface area contributed by atoms with Crippen molar-refractivity contribution in [3.05, 3.63) is 121 Å². The molecule has 0 unspecified atom stereocenters. The third kappa shape index (κ3) is 6.11. The lowest BCUT2D eigenvalue weighted by Crippen LogP contribution is -2.48. The molecule has 20 radical (unpaired) electrons. The molecule has 0 saturated carbocycles. The Hall–Kier alpha value is -6.76. The van der Waals surface area contributed by atoms with Gasteiger partial charge in [0.1, 0.15) is 89.6 Å². The average molecular weight is 845 g/mol. The Balaban J connectivity index is 1.10. The first-order valence-electron chi connectivity index (χ1n) is 21.1. The molecule has 0 saturated heterocycles. The Morgan fingerprint density at radius 3 is 1.51 bits per heavy atom. The maximum atomic E-state index is 7.17. The number of nitrogens with zero attached hydrogens (tertiary/aromatic N) is 4. The number of hydrogen-bond acceptors (Lipinski definition) is 5. The first-order valence-corrected chi connectivity index (χ1v) is 21.9. The second-order valence-electron chi connectivity index (χ2n) is 16.5. The Bertz CT molecular complexity index is 4100. The van der Waals surface area contributed by atoms with Crippen LogP contribution in [0.15, 0.2) is 126 Å². The van der Waals surface area contributed by atoms with E-state index in [4.69, 9.17) is 97.8 Å². The topological polar surface area (TPSA) is 56.7 Å². The number of aromatic nitrogens is 4. The van der Waals surface area contributed by atoms with Gasteiger partial charge in [0.25, 0.3) is 0 Å². The Morgan fingerprint density at radius 2 is 0.836 bits per heavy atom. The maximum absolute atomic E-state index is 7.17. The van der Waals surface area contributed by atoms with Gasteiger partial charge in [-0.05, 0) is 46.2 Å². The molecule has 0 bridgehead atoms. The fraction of sp³-hybridized carbons (Fsp3) is 0. The molecule has 4 aromatic heterocycles. The summed E-state index contributed by atoms with van der Waals surface area (Å²) >= 11 is 1.34. The van der Waals surface area contributed by atoms with Crippen molar-refractivity contribution in [2.24, 2.45) is 0 Å². The lowest BCUT2D eigenvalue weighted by Gasteiger charge is -2.17. The van der Waals surface area contributed by atoms with Gasteiger partial charge in [0.15, 0.2) is 17.5 Å². The lowest BCUT2D eigenvalue weighted by atomic mass is 9.64. The molecule has 8 aromatic carbocycles. The molecular formula is C51H20B10N4OS. The summed E-state index contributed by atoms with van der Waals surface area (Å²) in [5.41, 5.74) is 9.35. The third-order valence-electron chi connectivity index (χ3n) is 12.8. The highest BCUT2D eigenvalue weighted by Gasteiger charge is 2.27. The smallest absolute Gasteiger partial charge is 0.164 e. The van der Waals surface area contributed by atoms with Crippen LogP contribution >= 0.6 is 11.3 Å². The van der Waals surface area contributed by atoms with Crippen LogP contribution < -0.4 is 54.6 Å². The van der Waals surface area contributed by atoms with Crippen LogP contribution in [-0.2, 0) is 0 Å². The van der Waals surface area contributed by atoms with Crippen molar-refractivity contribution in [3.63, 3.8) is 0 Å². The van der Waals surface area contributed by atoms with Crippen molar-refractivity contribution >= 4 is 208 Å². The minimum atomic E-state index is 0.120. The van der Waals surface area contributed by atoms with Gasteiger partial charge in [-0.2, -0.15) is 0 Å². The van der Waals surface area contributed by atoms with Crippen molar-refractivity contribution < 1.29 is 4.42 Å². The van der Waals surface area contributed by atoms with Crippen molar-refractivity contribution in [1.29, 1.82) is 0 Å². The minimum absolute atomic E-state index is 0.120. The van der Waals surface area contributed by atoms with Crippen LogP contribution in [0.5, 0.6) is 0 Å². The molecule has 0 N–H and O–H groups in total. The summed E-state index contributed by atoms with van der Waals surface area (Å²) in [4.78, 5) is 15.0. The molecule has 12 rings (SSSR count). The summed E-state index contributed by atoms with van der Waals surface area (Å²) < 4.78 is 9.87. The highest BCUT2D eigenvalue weighted by molar-refractivity contribution is 7.28. The van der Waals surface area contributed by atoms with E-state index in [1.165, 1.54) is 11.3 Å². The zero-order chi connectivity index (χ0) is 46.2. The SMILES string of the molecule is [B]c1c([B])c([B])c2c(sc3c2c([B])c([B])c2c3c3c([B])c([B])c([B])c([B])c3n2-c2cccc3oc4cc(-c5nc(-c6ccccc6)nc(-c6ccc(-c7ccccc7)cc6)n5)ccc4c23)c1[B]. The second-order valence-corrected chi connectivity index (χ2v) is 17.5. The summed E-state index contributed by atoms with van der Waals surface area (Å²) in [5.74, 6) is 1.53. The molecule has 16 heteroatoms. The molecule has 0 aliphatic rings. The van der Waals surface area contributed by atoms with E-state index in [1.807, 2.05) is 102 Å². The number of rotatable bonds is 5. The lowest BCUT2D eigenvalue weighted by molar-refractivity contribution is 0.669. The first-order chi connectivity index (χ1) is 32.4. The third-order valence-corrected chi connectivity index (χ3v) is 14.0. The molecule has 0 fully saturated rings. The van der Waals surface area contributed by atoms with E-state index in [0.29, 0.717) is 76.3 Å². The number of thiophene rings is 1. The normalized spacial score (nSPS) is 11.9. The summed E-state index contributed by atoms with van der Waals surface area (Å²) in [6, 6.07) is 39.9. The average Bonchev–Trinajstić information content (AvgIpc) is 4.07. The Labute approximate surface area is 402 Å². The van der Waals surface area contributed by atoms with Gasteiger partial charge >= 0.3 is 0 Å². The molecule has 0 atom stereocenters. The van der Waals surface area contributed by atoms with E-state index in [-0.39, 0.29) is 54.6 Å². The van der Waals surface area contributed by atoms with Crippen LogP contribution in [0.1, 0.15) is 0 Å². The fourth-order valence-electron chi connectivity index (χ4n) is 9.40. The van der Waals surface area contributed by atoms with Crippen molar-refractivity contribution in [2.45, 2.75) is 0 Å². The summed E-state index contributed by atoms with van der Waals surface area (Å²) in [7, 11) is 67.3. The van der Waals surface area contributed by atoms with E-state index >= 15 is 0 Å². The molecule has 5 nitrogen and oxygen atoms in total. The predicted molar refractivity (Wildman–Crippen MR) is 290 cm³/mol. The molecular weight excluding hydrogens is 825 g/mol. The maximum Gasteiger partial charge on any atom is 0.164 e. The van der Waals surface area contributed by atoms with Gasteiger partial charge in [0, 0.05) is 53.3 Å². The number of fused-ring (bicyclic) bond motifs is 10. The number of hydrogen-bond donors (Lipinski definition) is 0. The second kappa shape index (κ2) is 15.4. The van der Waals surface area contributed by atoms with Crippen LogP contribution in [0, 0.1) is 0 Å². The first kappa shape index (κ1) is 41.7. The van der Waals surface area contributed by atoms with E-state index in [2.05, 4.69) is 24.3 Å². The molecule has 0 amide bonds. The van der Waals surface area contributed by atoms with E-state index in [1.54, 1.807) is 0 Å². The van der Waals surface area contributed by atoms with Gasteiger partial charge in [0.05, 0.1) is 11.1 Å². The molecule has 0 aliphatic carbocycles. The molecule has 0 spiro atoms. The quantitative estimate of drug-likeness (QED) is 0.249. The largest absolute Gasteiger partial charge is 0.456 e. The molecule has 67 heavy (non-hydrogen) atoms. The highest BCUT2D eigenvalue weighted by Crippen LogP contribution is 2.42. The van der Waals surface area contributed by atoms with Gasteiger partial charge in [-0.1, -0.05) is 130 Å². The van der Waals surface area contributed by atoms with Crippen LogP contribution in [0.2, 0.25) is 0 Å². The van der Waals surface area contributed by atoms with Crippen molar-refractivity contribution in [2.75, 3.05) is 0 Å². The number of benzene rings is 8. The summed E-state index contributed by atoms with van der Waals surface area (Å²) in [6.45, 7) is 0. The van der Waals surface area contributed by atoms with Gasteiger partial charge in [0.2, 0.25) is 0 Å². The predicted octanol–water partition coefficient (Wildman–Crippen LogP) is 1.84. The molecule has 0 aliphatic heterocycles. The monoisotopic (exact) mass is 846 g/mol. The highest BCUT2D eigenvalue weighted by atomic mass is 32.1. The van der Waals surface area contributed by atoms with E-state index < -0.39 is 0 Å². The van der Waals surface area contributed by atoms with Crippen molar-refractivity contribution in [3.8, 4) is 51.0 Å². The van der Waals surface area contributed by atoms with E-state index in [9.17, 15) is 0 Å². The Kier molecular flexibility index (Phi) is 9.57. The van der Waals surface area contributed by atoms with Crippen LogP contribution in [0.4, 0.5) is 0 Å². The molecule has 286 valence electrons. The summed E-state index contributed by atoms with van der Waals surface area (Å²) in [6.07, 6.45) is 0. The van der Waals surface area contributed by atoms with Gasteiger partial charge in [-0.25, -0.2) is 15.0 Å². The van der Waals surface area contributed by atoms with E-state index in [0.717, 1.165) is 38.6 Å². The zero-order valence-electron chi connectivity index (χ0n) is 35.4. The van der Waals surface area contributed by atoms with Crippen LogP contribution in [-0.4, -0.2) is 98.0 Å². The fourth-order valence-corrected chi connectivity index (χ4v) is 10.8. The van der Waals surface area contributed by atoms with Crippen molar-refractivity contribution in [1.82, 2.24) is 19.5 Å². The van der Waals surface area contributed by atoms with Crippen LogP contribution in [0.25, 0.3) is 115 Å². The summed E-state index contributed by atoms with van der Waals surface area (Å²) in [5, 5.41) is 3.75. The number of furan rings is 1. The standard InChI is InChI=1S/C51H20B10N4OS/c52-35-31-34-46(42(59)37(54)32-33-36(53)39(56)41(58)44(61)48(33)67-47(32)34)65(45(31)43(60)40(57)38(35)55)27-12-7-13-28-30(27)26-19-18-25(20-29(26)66-28)51-63-49(23-10-5-2-6-11-23)62-50(64-51)24-16-14-22(15-17-24)21-8-3-1-4-9-21/h1-20H. The zero-order valence-corrected chi connectivity index (χ0v) is 36.2. The van der Waals surface area contributed by atoms with Gasteiger partial charge < -0.3 is 8.98 Å².